The van der Waals surface area contributed by atoms with Gasteiger partial charge >= 0.3 is 0 Å². The molecule has 2 nitrogen and oxygen atoms in total. The largest absolute Gasteiger partial charge is 0.486 e. The molecule has 0 unspecified atom stereocenters. The molecular formula is C13H13BrClNOS. The van der Waals surface area contributed by atoms with E-state index in [4.69, 9.17) is 22.1 Å². The summed E-state index contributed by atoms with van der Waals surface area (Å²) in [5.74, 6) is 0.745. The van der Waals surface area contributed by atoms with Crippen LogP contribution >= 0.6 is 38.9 Å². The predicted molar refractivity (Wildman–Crippen MR) is 80.6 cm³/mol. The Kier molecular flexibility index (Phi) is 5.06. The molecule has 1 heterocycles. The average molecular weight is 347 g/mol. The van der Waals surface area contributed by atoms with Gasteiger partial charge in [0, 0.05) is 4.88 Å². The van der Waals surface area contributed by atoms with Crippen LogP contribution in [0.3, 0.4) is 0 Å². The Bertz CT molecular complexity index is 529. The van der Waals surface area contributed by atoms with Crippen LogP contribution < -0.4 is 10.5 Å². The third kappa shape index (κ3) is 3.48. The van der Waals surface area contributed by atoms with E-state index in [0.717, 1.165) is 26.4 Å². The Hall–Kier alpha value is -0.550. The van der Waals surface area contributed by atoms with Crippen LogP contribution in [-0.4, -0.2) is 6.54 Å². The number of para-hydroxylation sites is 1. The SMILES string of the molecule is NCCc1cccc(Cl)c1OCc1ccc(Br)s1. The van der Waals surface area contributed by atoms with Gasteiger partial charge in [-0.25, -0.2) is 0 Å². The fourth-order valence-electron chi connectivity index (χ4n) is 1.64. The third-order valence-corrected chi connectivity index (χ3v) is 4.34. The van der Waals surface area contributed by atoms with E-state index in [0.29, 0.717) is 18.2 Å². The van der Waals surface area contributed by atoms with Crippen LogP contribution in [0.15, 0.2) is 34.1 Å². The minimum atomic E-state index is 0.525. The highest BCUT2D eigenvalue weighted by Gasteiger charge is 2.08. The van der Waals surface area contributed by atoms with Crippen molar-refractivity contribution in [3.8, 4) is 5.75 Å². The standard InChI is InChI=1S/C13H13BrClNOS/c14-12-5-4-10(18-12)8-17-13-9(6-7-16)2-1-3-11(13)15/h1-5H,6-8,16H2. The molecule has 0 atom stereocenters. The van der Waals surface area contributed by atoms with Crippen LogP contribution in [0.1, 0.15) is 10.4 Å². The van der Waals surface area contributed by atoms with Crippen molar-refractivity contribution in [2.24, 2.45) is 5.73 Å². The molecule has 5 heteroatoms. The highest BCUT2D eigenvalue weighted by Crippen LogP contribution is 2.31. The highest BCUT2D eigenvalue weighted by atomic mass is 79.9. The Morgan fingerprint density at radius 3 is 2.78 bits per heavy atom. The van der Waals surface area contributed by atoms with E-state index in [1.54, 1.807) is 11.3 Å². The molecule has 1 aromatic carbocycles. The first kappa shape index (κ1) is 13.9. The van der Waals surface area contributed by atoms with Gasteiger partial charge in [-0.2, -0.15) is 0 Å². The molecule has 0 saturated heterocycles. The summed E-state index contributed by atoms with van der Waals surface area (Å²) >= 11 is 11.3. The number of ether oxygens (including phenoxy) is 1. The summed E-state index contributed by atoms with van der Waals surface area (Å²) in [5.41, 5.74) is 6.64. The second kappa shape index (κ2) is 6.57. The molecule has 0 aliphatic carbocycles. The van der Waals surface area contributed by atoms with Gasteiger partial charge in [-0.1, -0.05) is 23.7 Å². The summed E-state index contributed by atoms with van der Waals surface area (Å²) in [7, 11) is 0. The van der Waals surface area contributed by atoms with Crippen LogP contribution in [0.4, 0.5) is 0 Å². The molecule has 96 valence electrons. The minimum absolute atomic E-state index is 0.525. The molecule has 0 aliphatic heterocycles. The molecule has 0 amide bonds. The number of thiophene rings is 1. The smallest absolute Gasteiger partial charge is 0.141 e. The van der Waals surface area contributed by atoms with Gasteiger partial charge in [0.1, 0.15) is 12.4 Å². The van der Waals surface area contributed by atoms with E-state index < -0.39 is 0 Å². The lowest BCUT2D eigenvalue weighted by Gasteiger charge is -2.11. The van der Waals surface area contributed by atoms with E-state index in [1.807, 2.05) is 30.3 Å². The highest BCUT2D eigenvalue weighted by molar-refractivity contribution is 9.11. The number of rotatable bonds is 5. The predicted octanol–water partition coefficient (Wildman–Crippen LogP) is 4.24. The second-order valence-corrected chi connectivity index (χ2v) is 6.72. The van der Waals surface area contributed by atoms with Crippen molar-refractivity contribution in [2.45, 2.75) is 13.0 Å². The third-order valence-electron chi connectivity index (χ3n) is 2.45. The Morgan fingerprint density at radius 1 is 1.28 bits per heavy atom. The molecule has 2 aromatic rings. The molecule has 0 saturated carbocycles. The summed E-state index contributed by atoms with van der Waals surface area (Å²) in [4.78, 5) is 1.15. The normalized spacial score (nSPS) is 10.6. The van der Waals surface area contributed by atoms with Crippen molar-refractivity contribution in [3.05, 3.63) is 49.6 Å². The van der Waals surface area contributed by atoms with Crippen LogP contribution in [0, 0.1) is 0 Å². The molecule has 0 spiro atoms. The Balaban J connectivity index is 2.12. The molecule has 0 radical (unpaired) electrons. The summed E-state index contributed by atoms with van der Waals surface area (Å²) in [6.45, 7) is 1.11. The maximum absolute atomic E-state index is 6.16. The van der Waals surface area contributed by atoms with E-state index in [2.05, 4.69) is 15.9 Å². The van der Waals surface area contributed by atoms with E-state index in [1.165, 1.54) is 0 Å². The van der Waals surface area contributed by atoms with Crippen molar-refractivity contribution in [3.63, 3.8) is 0 Å². The van der Waals surface area contributed by atoms with Crippen molar-refractivity contribution < 1.29 is 4.74 Å². The quantitative estimate of drug-likeness (QED) is 0.878. The number of hydrogen-bond donors (Lipinski definition) is 1. The number of hydrogen-bond acceptors (Lipinski definition) is 3. The van der Waals surface area contributed by atoms with Gasteiger partial charge in [-0.3, -0.25) is 0 Å². The molecule has 0 aliphatic rings. The van der Waals surface area contributed by atoms with E-state index in [9.17, 15) is 0 Å². The van der Waals surface area contributed by atoms with Gasteiger partial charge in [-0.05, 0) is 52.7 Å². The summed E-state index contributed by atoms with van der Waals surface area (Å²) in [5, 5.41) is 0.636. The van der Waals surface area contributed by atoms with Crippen LogP contribution in [0.25, 0.3) is 0 Å². The molecule has 2 N–H and O–H groups in total. The van der Waals surface area contributed by atoms with Gasteiger partial charge in [0.25, 0.3) is 0 Å². The van der Waals surface area contributed by atoms with Gasteiger partial charge in [0.05, 0.1) is 8.81 Å². The van der Waals surface area contributed by atoms with Crippen LogP contribution in [0.2, 0.25) is 5.02 Å². The fourth-order valence-corrected chi connectivity index (χ4v) is 3.29. The molecule has 0 bridgehead atoms. The van der Waals surface area contributed by atoms with Crippen molar-refractivity contribution >= 4 is 38.9 Å². The second-order valence-electron chi connectivity index (χ2n) is 3.76. The van der Waals surface area contributed by atoms with Gasteiger partial charge in [0.2, 0.25) is 0 Å². The molecule has 18 heavy (non-hydrogen) atoms. The summed E-state index contributed by atoms with van der Waals surface area (Å²) in [6, 6.07) is 9.80. The summed E-state index contributed by atoms with van der Waals surface area (Å²) in [6.07, 6.45) is 0.768. The topological polar surface area (TPSA) is 35.2 Å². The van der Waals surface area contributed by atoms with Gasteiger partial charge in [-0.15, -0.1) is 11.3 Å². The van der Waals surface area contributed by atoms with Crippen LogP contribution in [-0.2, 0) is 13.0 Å². The Labute approximate surface area is 124 Å². The zero-order valence-electron chi connectivity index (χ0n) is 9.66. The maximum Gasteiger partial charge on any atom is 0.141 e. The first-order chi connectivity index (χ1) is 8.70. The lowest BCUT2D eigenvalue weighted by Crippen LogP contribution is -2.05. The maximum atomic E-state index is 6.16. The van der Waals surface area contributed by atoms with Crippen LogP contribution in [0.5, 0.6) is 5.75 Å². The fraction of sp³-hybridized carbons (Fsp3) is 0.231. The molecular weight excluding hydrogens is 334 g/mol. The monoisotopic (exact) mass is 345 g/mol. The first-order valence-corrected chi connectivity index (χ1v) is 7.54. The lowest BCUT2D eigenvalue weighted by molar-refractivity contribution is 0.307. The zero-order valence-corrected chi connectivity index (χ0v) is 12.8. The number of nitrogens with two attached hydrogens (primary N) is 1. The average Bonchev–Trinajstić information content (AvgIpc) is 2.75. The Morgan fingerprint density at radius 2 is 2.11 bits per heavy atom. The summed E-state index contributed by atoms with van der Waals surface area (Å²) < 4.78 is 6.92. The van der Waals surface area contributed by atoms with Crippen molar-refractivity contribution in [1.29, 1.82) is 0 Å². The van der Waals surface area contributed by atoms with E-state index in [-0.39, 0.29) is 0 Å². The zero-order chi connectivity index (χ0) is 13.0. The molecule has 1 aromatic heterocycles. The van der Waals surface area contributed by atoms with Gasteiger partial charge < -0.3 is 10.5 Å². The van der Waals surface area contributed by atoms with E-state index >= 15 is 0 Å². The van der Waals surface area contributed by atoms with Crippen molar-refractivity contribution in [2.75, 3.05) is 6.54 Å². The van der Waals surface area contributed by atoms with Gasteiger partial charge in [0.15, 0.2) is 0 Å². The first-order valence-electron chi connectivity index (χ1n) is 5.55. The number of benzene rings is 1. The van der Waals surface area contributed by atoms with Crippen molar-refractivity contribution in [1.82, 2.24) is 0 Å². The molecule has 0 fully saturated rings. The number of halogens is 2. The minimum Gasteiger partial charge on any atom is -0.486 e. The lowest BCUT2D eigenvalue weighted by atomic mass is 10.1. The molecule has 2 rings (SSSR count).